The number of nitrogens with zero attached hydrogens (tertiary/aromatic N) is 4. The number of carbonyl (C=O) groups is 1. The number of carbonyl (C=O) groups excluding carboxylic acids is 1. The van der Waals surface area contributed by atoms with Crippen molar-refractivity contribution < 1.29 is 4.79 Å². The second-order valence-corrected chi connectivity index (χ2v) is 6.24. The van der Waals surface area contributed by atoms with Gasteiger partial charge in [0.25, 0.3) is 0 Å². The zero-order chi connectivity index (χ0) is 15.6. The van der Waals surface area contributed by atoms with Crippen LogP contribution < -0.4 is 5.32 Å². The molecule has 0 spiro atoms. The Bertz CT molecular complexity index is 623. The molecule has 1 aromatic heterocycles. The van der Waals surface area contributed by atoms with E-state index in [1.54, 1.807) is 11.0 Å². The van der Waals surface area contributed by atoms with Gasteiger partial charge in [-0.15, -0.1) is 0 Å². The van der Waals surface area contributed by atoms with Gasteiger partial charge in [-0.25, -0.2) is 9.78 Å². The SMILES string of the molecule is CC1(C)CCN1C(=O)N[C@H](Cn1cncn1)c1ccccc1. The Labute approximate surface area is 130 Å². The molecule has 1 atom stereocenters. The lowest BCUT2D eigenvalue weighted by molar-refractivity contribution is 0.0512. The molecule has 1 aromatic carbocycles. The molecular formula is C16H21N5O. The molecule has 0 radical (unpaired) electrons. The summed E-state index contributed by atoms with van der Waals surface area (Å²) >= 11 is 0. The first-order valence-corrected chi connectivity index (χ1v) is 7.52. The van der Waals surface area contributed by atoms with Gasteiger partial charge < -0.3 is 10.2 Å². The third-order valence-electron chi connectivity index (χ3n) is 4.26. The molecule has 0 bridgehead atoms. The van der Waals surface area contributed by atoms with Crippen molar-refractivity contribution >= 4 is 6.03 Å². The highest BCUT2D eigenvalue weighted by Gasteiger charge is 2.39. The summed E-state index contributed by atoms with van der Waals surface area (Å²) in [4.78, 5) is 18.4. The van der Waals surface area contributed by atoms with Gasteiger partial charge in [-0.2, -0.15) is 5.10 Å². The third-order valence-corrected chi connectivity index (χ3v) is 4.26. The predicted octanol–water partition coefficient (Wildman–Crippen LogP) is 2.21. The minimum absolute atomic E-state index is 0.0229. The van der Waals surface area contributed by atoms with E-state index in [0.29, 0.717) is 6.54 Å². The molecule has 2 heterocycles. The largest absolute Gasteiger partial charge is 0.329 e. The van der Waals surface area contributed by atoms with Crippen molar-refractivity contribution in [1.82, 2.24) is 25.0 Å². The van der Waals surface area contributed by atoms with E-state index in [-0.39, 0.29) is 17.6 Å². The molecule has 3 rings (SSSR count). The summed E-state index contributed by atoms with van der Waals surface area (Å²) in [5, 5.41) is 7.26. The molecule has 2 aromatic rings. The summed E-state index contributed by atoms with van der Waals surface area (Å²) < 4.78 is 1.74. The second kappa shape index (κ2) is 5.79. The van der Waals surface area contributed by atoms with Crippen molar-refractivity contribution in [2.75, 3.05) is 6.54 Å². The number of aromatic nitrogens is 3. The number of likely N-dealkylation sites (tertiary alicyclic amines) is 1. The first-order valence-electron chi connectivity index (χ1n) is 7.52. The summed E-state index contributed by atoms with van der Waals surface area (Å²) in [5.41, 5.74) is 1.00. The van der Waals surface area contributed by atoms with Gasteiger partial charge in [-0.05, 0) is 25.8 Å². The molecular weight excluding hydrogens is 278 g/mol. The fourth-order valence-electron chi connectivity index (χ4n) is 2.71. The normalized spacial score (nSPS) is 17.6. The van der Waals surface area contributed by atoms with Crippen molar-refractivity contribution in [3.05, 3.63) is 48.5 Å². The molecule has 0 unspecified atom stereocenters. The molecule has 1 aliphatic heterocycles. The van der Waals surface area contributed by atoms with Crippen molar-refractivity contribution in [3.63, 3.8) is 0 Å². The average molecular weight is 299 g/mol. The monoisotopic (exact) mass is 299 g/mol. The number of amides is 2. The minimum atomic E-state index is -0.133. The fourth-order valence-corrected chi connectivity index (χ4v) is 2.71. The fraction of sp³-hybridized carbons (Fsp3) is 0.438. The van der Waals surface area contributed by atoms with E-state index < -0.39 is 0 Å². The van der Waals surface area contributed by atoms with Crippen LogP contribution in [0.25, 0.3) is 0 Å². The molecule has 1 N–H and O–H groups in total. The molecule has 0 saturated carbocycles. The van der Waals surface area contributed by atoms with Crippen molar-refractivity contribution in [2.45, 2.75) is 38.4 Å². The maximum Gasteiger partial charge on any atom is 0.318 e. The smallest absolute Gasteiger partial charge is 0.318 e. The van der Waals surface area contributed by atoms with Crippen molar-refractivity contribution in [1.29, 1.82) is 0 Å². The number of benzene rings is 1. The van der Waals surface area contributed by atoms with Crippen LogP contribution in [0.4, 0.5) is 4.79 Å². The van der Waals surface area contributed by atoms with Gasteiger partial charge in [0.05, 0.1) is 12.6 Å². The molecule has 1 aliphatic rings. The Balaban J connectivity index is 1.75. The Morgan fingerprint density at radius 1 is 1.36 bits per heavy atom. The topological polar surface area (TPSA) is 63.1 Å². The zero-order valence-electron chi connectivity index (χ0n) is 12.9. The van der Waals surface area contributed by atoms with Crippen LogP contribution in [-0.2, 0) is 6.54 Å². The van der Waals surface area contributed by atoms with Gasteiger partial charge in [0.2, 0.25) is 0 Å². The number of hydrogen-bond acceptors (Lipinski definition) is 3. The summed E-state index contributed by atoms with van der Waals surface area (Å²) in [5.74, 6) is 0. The third kappa shape index (κ3) is 2.95. The van der Waals surface area contributed by atoms with E-state index in [2.05, 4.69) is 29.2 Å². The molecule has 1 fully saturated rings. The first kappa shape index (κ1) is 14.6. The van der Waals surface area contributed by atoms with Gasteiger partial charge in [0, 0.05) is 12.1 Å². The molecule has 6 nitrogen and oxygen atoms in total. The summed E-state index contributed by atoms with van der Waals surface area (Å²) in [6.07, 6.45) is 4.21. The van der Waals surface area contributed by atoms with Crippen LogP contribution in [0.5, 0.6) is 0 Å². The Kier molecular flexibility index (Phi) is 3.83. The molecule has 2 amide bonds. The van der Waals surface area contributed by atoms with Crippen LogP contribution in [0.15, 0.2) is 43.0 Å². The highest BCUT2D eigenvalue weighted by atomic mass is 16.2. The lowest BCUT2D eigenvalue weighted by atomic mass is 9.89. The maximum absolute atomic E-state index is 12.5. The maximum atomic E-state index is 12.5. The second-order valence-electron chi connectivity index (χ2n) is 6.24. The average Bonchev–Trinajstić information content (AvgIpc) is 2.99. The van der Waals surface area contributed by atoms with Gasteiger partial charge in [0.15, 0.2) is 0 Å². The summed E-state index contributed by atoms with van der Waals surface area (Å²) in [6, 6.07) is 9.80. The number of hydrogen-bond donors (Lipinski definition) is 1. The Morgan fingerprint density at radius 2 is 2.14 bits per heavy atom. The van der Waals surface area contributed by atoms with E-state index in [4.69, 9.17) is 0 Å². The van der Waals surface area contributed by atoms with E-state index in [1.807, 2.05) is 35.2 Å². The Morgan fingerprint density at radius 3 is 2.68 bits per heavy atom. The predicted molar refractivity (Wildman–Crippen MR) is 83.1 cm³/mol. The van der Waals surface area contributed by atoms with Crippen LogP contribution in [0, 0.1) is 0 Å². The van der Waals surface area contributed by atoms with Gasteiger partial charge in [-0.3, -0.25) is 4.68 Å². The summed E-state index contributed by atoms with van der Waals surface area (Å²) in [7, 11) is 0. The number of nitrogens with one attached hydrogen (secondary N) is 1. The number of rotatable bonds is 4. The molecule has 1 saturated heterocycles. The summed E-state index contributed by atoms with van der Waals surface area (Å²) in [6.45, 7) is 5.55. The molecule has 116 valence electrons. The van der Waals surface area contributed by atoms with Crippen LogP contribution in [0.3, 0.4) is 0 Å². The lowest BCUT2D eigenvalue weighted by Gasteiger charge is -2.48. The zero-order valence-corrected chi connectivity index (χ0v) is 12.9. The van der Waals surface area contributed by atoms with Crippen LogP contribution in [0.2, 0.25) is 0 Å². The molecule has 6 heteroatoms. The van der Waals surface area contributed by atoms with Crippen LogP contribution in [-0.4, -0.2) is 37.8 Å². The van der Waals surface area contributed by atoms with Crippen molar-refractivity contribution in [3.8, 4) is 0 Å². The van der Waals surface area contributed by atoms with Gasteiger partial charge in [0.1, 0.15) is 12.7 Å². The minimum Gasteiger partial charge on any atom is -0.329 e. The van der Waals surface area contributed by atoms with Gasteiger partial charge >= 0.3 is 6.03 Å². The van der Waals surface area contributed by atoms with Gasteiger partial charge in [-0.1, -0.05) is 30.3 Å². The Hall–Kier alpha value is -2.37. The quantitative estimate of drug-likeness (QED) is 0.941. The van der Waals surface area contributed by atoms with E-state index in [1.165, 1.54) is 6.33 Å². The van der Waals surface area contributed by atoms with E-state index >= 15 is 0 Å². The lowest BCUT2D eigenvalue weighted by Crippen LogP contribution is -2.61. The van der Waals surface area contributed by atoms with E-state index in [9.17, 15) is 4.79 Å². The highest BCUT2D eigenvalue weighted by molar-refractivity contribution is 5.76. The van der Waals surface area contributed by atoms with Crippen molar-refractivity contribution in [2.24, 2.45) is 0 Å². The van der Waals surface area contributed by atoms with E-state index in [0.717, 1.165) is 18.5 Å². The molecule has 0 aliphatic carbocycles. The first-order chi connectivity index (χ1) is 10.6. The van der Waals surface area contributed by atoms with Crippen LogP contribution >= 0.6 is 0 Å². The van der Waals surface area contributed by atoms with Crippen LogP contribution in [0.1, 0.15) is 31.9 Å². The standard InChI is InChI=1S/C16H21N5O/c1-16(2)8-9-21(16)15(22)19-14(10-20-12-17-11-18-20)13-6-4-3-5-7-13/h3-7,11-12,14H,8-10H2,1-2H3,(H,19,22)/t14-/m1/s1. The number of urea groups is 1. The highest BCUT2D eigenvalue weighted by Crippen LogP contribution is 2.29. The molecule has 22 heavy (non-hydrogen) atoms.